The predicted octanol–water partition coefficient (Wildman–Crippen LogP) is 4.04. The van der Waals surface area contributed by atoms with Crippen molar-refractivity contribution in [1.82, 2.24) is 14.8 Å². The van der Waals surface area contributed by atoms with E-state index in [0.717, 1.165) is 0 Å². The Morgan fingerprint density at radius 2 is 1.84 bits per heavy atom. The fraction of sp³-hybridized carbons (Fsp3) is 0.200. The molecule has 0 spiro atoms. The van der Waals surface area contributed by atoms with Crippen LogP contribution in [-0.2, 0) is 23.1 Å². The molecule has 2 N–H and O–H groups in total. The summed E-state index contributed by atoms with van der Waals surface area (Å²) in [5, 5.41) is 14.9. The third kappa shape index (κ3) is 6.13. The normalized spacial score (nSPS) is 10.6. The second kappa shape index (κ2) is 10.5. The Balaban J connectivity index is 1.55. The maximum absolute atomic E-state index is 12.3. The second-order valence-electron chi connectivity index (χ2n) is 6.35. The number of para-hydroxylation sites is 2. The van der Waals surface area contributed by atoms with Crippen LogP contribution in [0.5, 0.6) is 5.75 Å². The van der Waals surface area contributed by atoms with Crippen molar-refractivity contribution in [1.29, 1.82) is 0 Å². The Labute approximate surface area is 193 Å². The Kier molecular flexibility index (Phi) is 7.78. The van der Waals surface area contributed by atoms with Crippen molar-refractivity contribution in [2.45, 2.75) is 11.6 Å². The summed E-state index contributed by atoms with van der Waals surface area (Å²) in [5.74, 6) is 0.676. The molecule has 0 aliphatic rings. The zero-order chi connectivity index (χ0) is 22.4. The van der Waals surface area contributed by atoms with Gasteiger partial charge in [-0.05, 0) is 30.3 Å². The maximum atomic E-state index is 12.3. The second-order valence-corrected chi connectivity index (χ2v) is 8.11. The molecule has 0 saturated heterocycles. The van der Waals surface area contributed by atoms with Crippen LogP contribution in [0.4, 0.5) is 11.4 Å². The summed E-state index contributed by atoms with van der Waals surface area (Å²) in [7, 11) is 3.28. The fourth-order valence-electron chi connectivity index (χ4n) is 2.61. The number of nitrogens with zero attached hydrogens (tertiary/aromatic N) is 3. The molecule has 2 amide bonds. The van der Waals surface area contributed by atoms with Crippen molar-refractivity contribution in [3.8, 4) is 5.75 Å². The fourth-order valence-corrected chi connectivity index (χ4v) is 3.64. The lowest BCUT2D eigenvalue weighted by Gasteiger charge is -2.09. The van der Waals surface area contributed by atoms with E-state index in [1.54, 1.807) is 49.1 Å². The molecule has 0 saturated carbocycles. The van der Waals surface area contributed by atoms with Gasteiger partial charge in [0.15, 0.2) is 5.16 Å². The van der Waals surface area contributed by atoms with E-state index in [-0.39, 0.29) is 24.0 Å². The third-order valence-electron chi connectivity index (χ3n) is 4.16. The molecular formula is C20H19Cl2N5O3S. The van der Waals surface area contributed by atoms with Gasteiger partial charge in [-0.1, -0.05) is 47.1 Å². The molecule has 11 heteroatoms. The summed E-state index contributed by atoms with van der Waals surface area (Å²) in [6, 6.07) is 12.0. The van der Waals surface area contributed by atoms with E-state index in [4.69, 9.17) is 27.9 Å². The summed E-state index contributed by atoms with van der Waals surface area (Å²) in [5.41, 5.74) is 1.12. The largest absolute Gasteiger partial charge is 0.495 e. The third-order valence-corrected chi connectivity index (χ3v) is 5.92. The Morgan fingerprint density at radius 3 is 2.58 bits per heavy atom. The average Bonchev–Trinajstić information content (AvgIpc) is 3.09. The number of benzene rings is 2. The zero-order valence-corrected chi connectivity index (χ0v) is 19.0. The standard InChI is InChI=1S/C20H19Cl2N5O3S/c1-27-17(10-18(28)23-12-7-8-13(21)14(22)9-12)25-26-20(27)31-11-19(29)24-15-5-3-4-6-16(15)30-2/h3-9H,10-11H2,1-2H3,(H,23,28)(H,24,29). The quantitative estimate of drug-likeness (QED) is 0.473. The highest BCUT2D eigenvalue weighted by Gasteiger charge is 2.15. The van der Waals surface area contributed by atoms with Crippen LogP contribution < -0.4 is 15.4 Å². The van der Waals surface area contributed by atoms with Gasteiger partial charge in [-0.2, -0.15) is 0 Å². The van der Waals surface area contributed by atoms with Crippen LogP contribution in [0.25, 0.3) is 0 Å². The Hall–Kier alpha value is -2.75. The number of thioether (sulfide) groups is 1. The van der Waals surface area contributed by atoms with Crippen molar-refractivity contribution in [2.24, 2.45) is 7.05 Å². The number of nitrogens with one attached hydrogen (secondary N) is 2. The smallest absolute Gasteiger partial charge is 0.234 e. The van der Waals surface area contributed by atoms with Gasteiger partial charge in [0, 0.05) is 12.7 Å². The first kappa shape index (κ1) is 22.9. The number of carbonyl (C=O) groups excluding carboxylic acids is 2. The number of ether oxygens (including phenoxy) is 1. The number of hydrogen-bond acceptors (Lipinski definition) is 6. The molecule has 0 aliphatic heterocycles. The molecule has 162 valence electrons. The van der Waals surface area contributed by atoms with Gasteiger partial charge in [-0.15, -0.1) is 10.2 Å². The molecule has 1 aromatic heterocycles. The van der Waals surface area contributed by atoms with Crippen molar-refractivity contribution in [2.75, 3.05) is 23.5 Å². The van der Waals surface area contributed by atoms with E-state index in [2.05, 4.69) is 20.8 Å². The van der Waals surface area contributed by atoms with E-state index >= 15 is 0 Å². The number of methoxy groups -OCH3 is 1. The van der Waals surface area contributed by atoms with Gasteiger partial charge < -0.3 is 19.9 Å². The van der Waals surface area contributed by atoms with Crippen LogP contribution in [0.15, 0.2) is 47.6 Å². The molecule has 3 aromatic rings. The van der Waals surface area contributed by atoms with Crippen LogP contribution in [0.1, 0.15) is 5.82 Å². The lowest BCUT2D eigenvalue weighted by molar-refractivity contribution is -0.116. The lowest BCUT2D eigenvalue weighted by atomic mass is 10.3. The van der Waals surface area contributed by atoms with Crippen LogP contribution >= 0.6 is 35.0 Å². The molecule has 3 rings (SSSR count). The van der Waals surface area contributed by atoms with Crippen LogP contribution in [0, 0.1) is 0 Å². The van der Waals surface area contributed by atoms with Crippen molar-refractivity contribution in [3.63, 3.8) is 0 Å². The number of halogens is 2. The molecule has 0 bridgehead atoms. The first-order chi connectivity index (χ1) is 14.9. The minimum absolute atomic E-state index is 0.0116. The van der Waals surface area contributed by atoms with Gasteiger partial charge in [0.25, 0.3) is 0 Å². The van der Waals surface area contributed by atoms with Gasteiger partial charge in [0.05, 0.1) is 35.0 Å². The molecule has 0 fully saturated rings. The van der Waals surface area contributed by atoms with Gasteiger partial charge in [0.1, 0.15) is 11.6 Å². The summed E-state index contributed by atoms with van der Waals surface area (Å²) in [6.07, 6.45) is 0.0116. The van der Waals surface area contributed by atoms with Crippen molar-refractivity contribution in [3.05, 3.63) is 58.3 Å². The summed E-state index contributed by atoms with van der Waals surface area (Å²) in [6.45, 7) is 0. The number of aromatic nitrogens is 3. The molecule has 2 aromatic carbocycles. The molecule has 31 heavy (non-hydrogen) atoms. The van der Waals surface area contributed by atoms with Gasteiger partial charge in [-0.25, -0.2) is 0 Å². The molecular weight excluding hydrogens is 461 g/mol. The predicted molar refractivity (Wildman–Crippen MR) is 122 cm³/mol. The minimum atomic E-state index is -0.278. The minimum Gasteiger partial charge on any atom is -0.495 e. The summed E-state index contributed by atoms with van der Waals surface area (Å²) >= 11 is 13.1. The highest BCUT2D eigenvalue weighted by Crippen LogP contribution is 2.26. The monoisotopic (exact) mass is 479 g/mol. The summed E-state index contributed by atoms with van der Waals surface area (Å²) in [4.78, 5) is 24.6. The van der Waals surface area contributed by atoms with Gasteiger partial charge >= 0.3 is 0 Å². The molecule has 0 radical (unpaired) electrons. The van der Waals surface area contributed by atoms with E-state index in [0.29, 0.717) is 38.2 Å². The zero-order valence-electron chi connectivity index (χ0n) is 16.7. The van der Waals surface area contributed by atoms with E-state index in [9.17, 15) is 9.59 Å². The highest BCUT2D eigenvalue weighted by atomic mass is 35.5. The average molecular weight is 480 g/mol. The first-order valence-electron chi connectivity index (χ1n) is 9.06. The van der Waals surface area contributed by atoms with Gasteiger partial charge in [-0.3, -0.25) is 9.59 Å². The molecule has 1 heterocycles. The van der Waals surface area contributed by atoms with Crippen LogP contribution in [0.3, 0.4) is 0 Å². The van der Waals surface area contributed by atoms with Crippen molar-refractivity contribution < 1.29 is 14.3 Å². The Morgan fingerprint density at radius 1 is 1.06 bits per heavy atom. The molecule has 0 atom stereocenters. The maximum Gasteiger partial charge on any atom is 0.234 e. The summed E-state index contributed by atoms with van der Waals surface area (Å²) < 4.78 is 6.90. The topological polar surface area (TPSA) is 98.1 Å². The molecule has 0 aliphatic carbocycles. The van der Waals surface area contributed by atoms with E-state index in [1.807, 2.05) is 12.1 Å². The van der Waals surface area contributed by atoms with Crippen LogP contribution in [-0.4, -0.2) is 39.4 Å². The first-order valence-corrected chi connectivity index (χ1v) is 10.8. The SMILES string of the molecule is COc1ccccc1NC(=O)CSc1nnc(CC(=O)Nc2ccc(Cl)c(Cl)c2)n1C. The molecule has 0 unspecified atom stereocenters. The number of rotatable bonds is 8. The number of amides is 2. The highest BCUT2D eigenvalue weighted by molar-refractivity contribution is 7.99. The number of anilines is 2. The van der Waals surface area contributed by atoms with Crippen molar-refractivity contribution >= 4 is 58.2 Å². The van der Waals surface area contributed by atoms with E-state index in [1.165, 1.54) is 11.8 Å². The van der Waals surface area contributed by atoms with Crippen LogP contribution in [0.2, 0.25) is 10.0 Å². The lowest BCUT2D eigenvalue weighted by Crippen LogP contribution is -2.17. The number of hydrogen-bond donors (Lipinski definition) is 2. The Bertz CT molecular complexity index is 1110. The van der Waals surface area contributed by atoms with Gasteiger partial charge in [0.2, 0.25) is 11.8 Å². The molecule has 8 nitrogen and oxygen atoms in total. The van der Waals surface area contributed by atoms with E-state index < -0.39 is 0 Å². The number of carbonyl (C=O) groups is 2.